The lowest BCUT2D eigenvalue weighted by atomic mass is 9.99. The van der Waals surface area contributed by atoms with Crippen LogP contribution in [-0.4, -0.2) is 26.4 Å². The molecule has 0 aliphatic heterocycles. The van der Waals surface area contributed by atoms with Crippen LogP contribution in [0.15, 0.2) is 4.47 Å². The van der Waals surface area contributed by atoms with Crippen molar-refractivity contribution in [2.24, 2.45) is 7.05 Å². The SMILES string of the molecule is CCC(C)(NCc1c(Br)c(C)nn1C)C(=O)O. The van der Waals surface area contributed by atoms with E-state index >= 15 is 0 Å². The Bertz CT molecular complexity index is 431. The van der Waals surface area contributed by atoms with Gasteiger partial charge in [0.1, 0.15) is 5.54 Å². The minimum Gasteiger partial charge on any atom is -0.480 e. The number of aliphatic carboxylic acids is 1. The molecule has 1 aromatic heterocycles. The van der Waals surface area contributed by atoms with Gasteiger partial charge in [-0.15, -0.1) is 0 Å². The van der Waals surface area contributed by atoms with Crippen molar-refractivity contribution in [3.63, 3.8) is 0 Å². The fourth-order valence-electron chi connectivity index (χ4n) is 1.50. The second-order valence-corrected chi connectivity index (χ2v) is 5.11. The molecule has 1 heterocycles. The van der Waals surface area contributed by atoms with Crippen molar-refractivity contribution in [3.8, 4) is 0 Å². The first-order valence-corrected chi connectivity index (χ1v) is 6.27. The molecular formula is C11H18BrN3O2. The zero-order chi connectivity index (χ0) is 13.2. The second-order valence-electron chi connectivity index (χ2n) is 4.31. The molecule has 0 aromatic carbocycles. The van der Waals surface area contributed by atoms with Crippen molar-refractivity contribution >= 4 is 21.9 Å². The van der Waals surface area contributed by atoms with Crippen LogP contribution in [0.1, 0.15) is 31.7 Å². The molecule has 1 atom stereocenters. The van der Waals surface area contributed by atoms with E-state index < -0.39 is 11.5 Å². The first kappa shape index (κ1) is 14.2. The molecule has 96 valence electrons. The summed E-state index contributed by atoms with van der Waals surface area (Å²) in [6.07, 6.45) is 0.525. The molecule has 0 radical (unpaired) electrons. The van der Waals surface area contributed by atoms with E-state index in [-0.39, 0.29) is 0 Å². The molecule has 0 saturated carbocycles. The lowest BCUT2D eigenvalue weighted by Crippen LogP contribution is -2.48. The monoisotopic (exact) mass is 303 g/mol. The summed E-state index contributed by atoms with van der Waals surface area (Å²) in [5.74, 6) is -0.838. The van der Waals surface area contributed by atoms with Crippen LogP contribution in [0.25, 0.3) is 0 Å². The van der Waals surface area contributed by atoms with Crippen molar-refractivity contribution in [1.29, 1.82) is 0 Å². The first-order chi connectivity index (χ1) is 7.81. The van der Waals surface area contributed by atoms with Gasteiger partial charge in [-0.05, 0) is 36.2 Å². The number of aromatic nitrogens is 2. The third-order valence-corrected chi connectivity index (χ3v) is 4.12. The fourth-order valence-corrected chi connectivity index (χ4v) is 1.98. The normalized spacial score (nSPS) is 14.6. The summed E-state index contributed by atoms with van der Waals surface area (Å²) in [7, 11) is 1.85. The van der Waals surface area contributed by atoms with Crippen LogP contribution in [0.2, 0.25) is 0 Å². The zero-order valence-electron chi connectivity index (χ0n) is 10.5. The molecule has 1 rings (SSSR count). The molecule has 17 heavy (non-hydrogen) atoms. The Hall–Kier alpha value is -0.880. The number of hydrogen-bond acceptors (Lipinski definition) is 3. The van der Waals surface area contributed by atoms with Crippen LogP contribution in [0.5, 0.6) is 0 Å². The van der Waals surface area contributed by atoms with Gasteiger partial charge in [-0.3, -0.25) is 14.8 Å². The van der Waals surface area contributed by atoms with E-state index in [9.17, 15) is 4.79 Å². The van der Waals surface area contributed by atoms with Crippen LogP contribution < -0.4 is 5.32 Å². The fraction of sp³-hybridized carbons (Fsp3) is 0.636. The Labute approximate surface area is 109 Å². The smallest absolute Gasteiger partial charge is 0.323 e. The van der Waals surface area contributed by atoms with E-state index in [4.69, 9.17) is 5.11 Å². The zero-order valence-corrected chi connectivity index (χ0v) is 12.1. The number of carboxylic acid groups (broad SMARTS) is 1. The van der Waals surface area contributed by atoms with E-state index in [1.807, 2.05) is 20.9 Å². The highest BCUT2D eigenvalue weighted by atomic mass is 79.9. The summed E-state index contributed by atoms with van der Waals surface area (Å²) in [6.45, 7) is 5.91. The number of hydrogen-bond donors (Lipinski definition) is 2. The molecule has 0 amide bonds. The molecule has 0 bridgehead atoms. The Morgan fingerprint density at radius 3 is 2.59 bits per heavy atom. The minimum absolute atomic E-state index is 0.467. The van der Waals surface area contributed by atoms with Crippen molar-refractivity contribution in [2.75, 3.05) is 0 Å². The van der Waals surface area contributed by atoms with Gasteiger partial charge in [0.15, 0.2) is 0 Å². The minimum atomic E-state index is -0.905. The summed E-state index contributed by atoms with van der Waals surface area (Å²) in [5.41, 5.74) is 0.943. The molecule has 0 aliphatic rings. The predicted octanol–water partition coefficient (Wildman–Crippen LogP) is 1.83. The maximum absolute atomic E-state index is 11.2. The summed E-state index contributed by atoms with van der Waals surface area (Å²) in [6, 6.07) is 0. The molecule has 0 aliphatic carbocycles. The number of halogens is 1. The van der Waals surface area contributed by atoms with E-state index in [1.54, 1.807) is 11.6 Å². The molecule has 5 nitrogen and oxygen atoms in total. The van der Waals surface area contributed by atoms with Gasteiger partial charge in [-0.25, -0.2) is 0 Å². The van der Waals surface area contributed by atoms with E-state index in [0.29, 0.717) is 13.0 Å². The van der Waals surface area contributed by atoms with Crippen LogP contribution in [0.4, 0.5) is 0 Å². The van der Waals surface area contributed by atoms with Gasteiger partial charge >= 0.3 is 5.97 Å². The van der Waals surface area contributed by atoms with Gasteiger partial charge in [0, 0.05) is 13.6 Å². The summed E-state index contributed by atoms with van der Waals surface area (Å²) in [5, 5.41) is 16.5. The average molecular weight is 304 g/mol. The lowest BCUT2D eigenvalue weighted by molar-refractivity contribution is -0.144. The molecular weight excluding hydrogens is 286 g/mol. The van der Waals surface area contributed by atoms with Crippen LogP contribution in [0.3, 0.4) is 0 Å². The first-order valence-electron chi connectivity index (χ1n) is 5.48. The Kier molecular flexibility index (Phi) is 4.32. The van der Waals surface area contributed by atoms with E-state index in [2.05, 4.69) is 26.3 Å². The average Bonchev–Trinajstić information content (AvgIpc) is 2.50. The Balaban J connectivity index is 2.83. The number of carbonyl (C=O) groups is 1. The summed E-state index contributed by atoms with van der Waals surface area (Å²) >= 11 is 3.46. The van der Waals surface area contributed by atoms with Gasteiger partial charge in [-0.1, -0.05) is 6.92 Å². The Morgan fingerprint density at radius 2 is 2.24 bits per heavy atom. The molecule has 2 N–H and O–H groups in total. The third-order valence-electron chi connectivity index (χ3n) is 3.09. The number of nitrogens with one attached hydrogen (secondary N) is 1. The quantitative estimate of drug-likeness (QED) is 0.871. The molecule has 1 aromatic rings. The van der Waals surface area contributed by atoms with Crippen molar-refractivity contribution in [2.45, 2.75) is 39.3 Å². The molecule has 0 saturated heterocycles. The van der Waals surface area contributed by atoms with Gasteiger partial charge in [0.05, 0.1) is 15.9 Å². The topological polar surface area (TPSA) is 67.2 Å². The van der Waals surface area contributed by atoms with E-state index in [1.165, 1.54) is 0 Å². The maximum atomic E-state index is 11.2. The highest BCUT2D eigenvalue weighted by molar-refractivity contribution is 9.10. The van der Waals surface area contributed by atoms with Crippen molar-refractivity contribution in [3.05, 3.63) is 15.9 Å². The number of aryl methyl sites for hydroxylation is 2. The highest BCUT2D eigenvalue weighted by Gasteiger charge is 2.30. The number of nitrogens with zero attached hydrogens (tertiary/aromatic N) is 2. The second kappa shape index (κ2) is 5.18. The number of rotatable bonds is 5. The van der Waals surface area contributed by atoms with Crippen molar-refractivity contribution < 1.29 is 9.90 Å². The van der Waals surface area contributed by atoms with Crippen LogP contribution in [-0.2, 0) is 18.4 Å². The lowest BCUT2D eigenvalue weighted by Gasteiger charge is -2.24. The third kappa shape index (κ3) is 2.87. The van der Waals surface area contributed by atoms with Gasteiger partial charge in [-0.2, -0.15) is 5.10 Å². The van der Waals surface area contributed by atoms with E-state index in [0.717, 1.165) is 15.9 Å². The standard InChI is InChI=1S/C11H18BrN3O2/c1-5-11(3,10(16)17)13-6-8-9(12)7(2)14-15(8)4/h13H,5-6H2,1-4H3,(H,16,17). The van der Waals surface area contributed by atoms with Gasteiger partial charge < -0.3 is 5.11 Å². The van der Waals surface area contributed by atoms with Crippen LogP contribution >= 0.6 is 15.9 Å². The molecule has 0 spiro atoms. The largest absolute Gasteiger partial charge is 0.480 e. The summed E-state index contributed by atoms with van der Waals surface area (Å²) in [4.78, 5) is 11.2. The van der Waals surface area contributed by atoms with Gasteiger partial charge in [0.25, 0.3) is 0 Å². The van der Waals surface area contributed by atoms with Crippen LogP contribution in [0, 0.1) is 6.92 Å². The number of carboxylic acids is 1. The highest BCUT2D eigenvalue weighted by Crippen LogP contribution is 2.21. The maximum Gasteiger partial charge on any atom is 0.323 e. The predicted molar refractivity (Wildman–Crippen MR) is 68.8 cm³/mol. The molecule has 1 unspecified atom stereocenters. The van der Waals surface area contributed by atoms with Gasteiger partial charge in [0.2, 0.25) is 0 Å². The summed E-state index contributed by atoms with van der Waals surface area (Å²) < 4.78 is 2.68. The molecule has 0 fully saturated rings. The van der Waals surface area contributed by atoms with Crippen molar-refractivity contribution in [1.82, 2.24) is 15.1 Å². The molecule has 6 heteroatoms. The Morgan fingerprint density at radius 1 is 1.65 bits per heavy atom.